The number of halogens is 3. The van der Waals surface area contributed by atoms with Crippen molar-refractivity contribution in [2.75, 3.05) is 0 Å². The molecule has 0 aliphatic carbocycles. The van der Waals surface area contributed by atoms with Gasteiger partial charge < -0.3 is 5.32 Å². The summed E-state index contributed by atoms with van der Waals surface area (Å²) in [6.07, 6.45) is -1.69. The highest BCUT2D eigenvalue weighted by molar-refractivity contribution is 4.67. The zero-order valence-electron chi connectivity index (χ0n) is 9.82. The standard InChI is InChI=1S/C11H22F3N/c1-4-6-9(2)15-10(3)7-5-8-11(12,13)14/h9-10,15H,4-8H2,1-3H3. The van der Waals surface area contributed by atoms with Crippen LogP contribution in [0.5, 0.6) is 0 Å². The summed E-state index contributed by atoms with van der Waals surface area (Å²) in [6, 6.07) is 0.574. The van der Waals surface area contributed by atoms with Gasteiger partial charge in [-0.2, -0.15) is 13.2 Å². The Kier molecular flexibility index (Phi) is 6.98. The Hall–Kier alpha value is -0.250. The summed E-state index contributed by atoms with van der Waals surface area (Å²) in [6.45, 7) is 6.12. The molecule has 0 aliphatic rings. The van der Waals surface area contributed by atoms with E-state index in [0.717, 1.165) is 12.8 Å². The van der Waals surface area contributed by atoms with Crippen molar-refractivity contribution in [2.45, 2.75) is 71.1 Å². The monoisotopic (exact) mass is 225 g/mol. The maximum absolute atomic E-state index is 11.9. The largest absolute Gasteiger partial charge is 0.389 e. The molecule has 0 aromatic carbocycles. The Morgan fingerprint density at radius 3 is 2.07 bits per heavy atom. The molecule has 1 nitrogen and oxygen atoms in total. The molecule has 1 N–H and O–H groups in total. The Bertz CT molecular complexity index is 156. The summed E-state index contributed by atoms with van der Waals surface area (Å²) >= 11 is 0. The molecular weight excluding hydrogens is 203 g/mol. The fraction of sp³-hybridized carbons (Fsp3) is 1.00. The molecule has 0 fully saturated rings. The quantitative estimate of drug-likeness (QED) is 0.693. The van der Waals surface area contributed by atoms with Crippen molar-refractivity contribution < 1.29 is 13.2 Å². The lowest BCUT2D eigenvalue weighted by atomic mass is 10.1. The highest BCUT2D eigenvalue weighted by atomic mass is 19.4. The van der Waals surface area contributed by atoms with E-state index in [2.05, 4.69) is 19.2 Å². The second kappa shape index (κ2) is 7.09. The summed E-state index contributed by atoms with van der Waals surface area (Å²) in [5, 5.41) is 3.30. The van der Waals surface area contributed by atoms with E-state index in [4.69, 9.17) is 0 Å². The van der Waals surface area contributed by atoms with Crippen LogP contribution < -0.4 is 5.32 Å². The van der Waals surface area contributed by atoms with Gasteiger partial charge in [-0.1, -0.05) is 13.3 Å². The fourth-order valence-corrected chi connectivity index (χ4v) is 1.69. The van der Waals surface area contributed by atoms with Crippen molar-refractivity contribution in [1.29, 1.82) is 0 Å². The smallest absolute Gasteiger partial charge is 0.312 e. The van der Waals surface area contributed by atoms with Gasteiger partial charge in [0, 0.05) is 18.5 Å². The van der Waals surface area contributed by atoms with Crippen molar-refractivity contribution in [3.8, 4) is 0 Å². The predicted molar refractivity (Wildman–Crippen MR) is 56.9 cm³/mol. The summed E-state index contributed by atoms with van der Waals surface area (Å²) in [5.41, 5.74) is 0. The molecule has 0 aliphatic heterocycles. The second-order valence-electron chi connectivity index (χ2n) is 4.26. The van der Waals surface area contributed by atoms with Crippen molar-refractivity contribution in [3.05, 3.63) is 0 Å². The fourth-order valence-electron chi connectivity index (χ4n) is 1.69. The van der Waals surface area contributed by atoms with E-state index < -0.39 is 12.6 Å². The molecule has 15 heavy (non-hydrogen) atoms. The zero-order valence-corrected chi connectivity index (χ0v) is 9.82. The first-order valence-corrected chi connectivity index (χ1v) is 5.68. The molecule has 0 spiro atoms. The summed E-state index contributed by atoms with van der Waals surface area (Å²) in [4.78, 5) is 0. The lowest BCUT2D eigenvalue weighted by Gasteiger charge is -2.19. The lowest BCUT2D eigenvalue weighted by molar-refractivity contribution is -0.135. The van der Waals surface area contributed by atoms with E-state index >= 15 is 0 Å². The third-order valence-corrected chi connectivity index (χ3v) is 2.39. The molecule has 0 radical (unpaired) electrons. The van der Waals surface area contributed by atoms with Crippen molar-refractivity contribution in [1.82, 2.24) is 5.32 Å². The molecule has 0 aromatic rings. The highest BCUT2D eigenvalue weighted by Crippen LogP contribution is 2.22. The van der Waals surface area contributed by atoms with Crippen molar-refractivity contribution in [3.63, 3.8) is 0 Å². The number of alkyl halides is 3. The van der Waals surface area contributed by atoms with Crippen LogP contribution in [-0.2, 0) is 0 Å². The molecule has 0 saturated heterocycles. The van der Waals surface area contributed by atoms with Crippen LogP contribution in [0.3, 0.4) is 0 Å². The summed E-state index contributed by atoms with van der Waals surface area (Å²) in [7, 11) is 0. The lowest BCUT2D eigenvalue weighted by Crippen LogP contribution is -2.34. The third-order valence-electron chi connectivity index (χ3n) is 2.39. The van der Waals surface area contributed by atoms with Gasteiger partial charge in [-0.3, -0.25) is 0 Å². The molecule has 0 rings (SSSR count). The Balaban J connectivity index is 3.53. The van der Waals surface area contributed by atoms with Crippen LogP contribution in [0.2, 0.25) is 0 Å². The highest BCUT2D eigenvalue weighted by Gasteiger charge is 2.26. The molecule has 0 bridgehead atoms. The summed E-state index contributed by atoms with van der Waals surface area (Å²) in [5.74, 6) is 0. The first-order valence-electron chi connectivity index (χ1n) is 5.68. The van der Waals surface area contributed by atoms with Gasteiger partial charge >= 0.3 is 6.18 Å². The predicted octanol–water partition coefficient (Wildman–Crippen LogP) is 3.89. The van der Waals surface area contributed by atoms with Gasteiger partial charge in [0.2, 0.25) is 0 Å². The first kappa shape index (κ1) is 14.8. The molecule has 2 unspecified atom stereocenters. The van der Waals surface area contributed by atoms with Crippen molar-refractivity contribution >= 4 is 0 Å². The molecule has 0 heterocycles. The van der Waals surface area contributed by atoms with Gasteiger partial charge in [-0.15, -0.1) is 0 Å². The molecule has 0 amide bonds. The molecule has 0 saturated carbocycles. The van der Waals surface area contributed by atoms with Gasteiger partial charge in [-0.05, 0) is 33.1 Å². The van der Waals surface area contributed by atoms with Crippen LogP contribution in [0.25, 0.3) is 0 Å². The van der Waals surface area contributed by atoms with Gasteiger partial charge in [0.05, 0.1) is 0 Å². The van der Waals surface area contributed by atoms with Crippen LogP contribution in [0.4, 0.5) is 13.2 Å². The van der Waals surface area contributed by atoms with Crippen molar-refractivity contribution in [2.24, 2.45) is 0 Å². The summed E-state index contributed by atoms with van der Waals surface area (Å²) < 4.78 is 35.6. The van der Waals surface area contributed by atoms with E-state index in [1.54, 1.807) is 0 Å². The number of hydrogen-bond acceptors (Lipinski definition) is 1. The Morgan fingerprint density at radius 1 is 1.07 bits per heavy atom. The Morgan fingerprint density at radius 2 is 1.60 bits per heavy atom. The second-order valence-corrected chi connectivity index (χ2v) is 4.26. The van der Waals surface area contributed by atoms with E-state index in [1.807, 2.05) is 6.92 Å². The maximum Gasteiger partial charge on any atom is 0.389 e. The average molecular weight is 225 g/mol. The van der Waals surface area contributed by atoms with Gasteiger partial charge in [0.15, 0.2) is 0 Å². The minimum atomic E-state index is -4.01. The maximum atomic E-state index is 11.9. The van der Waals surface area contributed by atoms with E-state index in [-0.39, 0.29) is 12.5 Å². The van der Waals surface area contributed by atoms with Gasteiger partial charge in [0.1, 0.15) is 0 Å². The molecule has 0 aromatic heterocycles. The van der Waals surface area contributed by atoms with Crippen LogP contribution in [0, 0.1) is 0 Å². The van der Waals surface area contributed by atoms with Gasteiger partial charge in [-0.25, -0.2) is 0 Å². The van der Waals surface area contributed by atoms with E-state index in [0.29, 0.717) is 12.5 Å². The topological polar surface area (TPSA) is 12.0 Å². The minimum Gasteiger partial charge on any atom is -0.312 e. The van der Waals surface area contributed by atoms with Crippen LogP contribution in [0.1, 0.15) is 52.9 Å². The molecule has 2 atom stereocenters. The number of hydrogen-bond donors (Lipinski definition) is 1. The first-order chi connectivity index (χ1) is 6.85. The van der Waals surface area contributed by atoms with Crippen LogP contribution in [-0.4, -0.2) is 18.3 Å². The minimum absolute atomic E-state index is 0.175. The van der Waals surface area contributed by atoms with Crippen LogP contribution >= 0.6 is 0 Å². The van der Waals surface area contributed by atoms with E-state index in [1.165, 1.54) is 0 Å². The Labute approximate surface area is 90.4 Å². The SMILES string of the molecule is CCCC(C)NC(C)CCCC(F)(F)F. The van der Waals surface area contributed by atoms with E-state index in [9.17, 15) is 13.2 Å². The number of rotatable bonds is 7. The normalized spacial score (nSPS) is 16.4. The number of nitrogens with one attached hydrogen (secondary N) is 1. The zero-order chi connectivity index (χ0) is 11.9. The van der Waals surface area contributed by atoms with Gasteiger partial charge in [0.25, 0.3) is 0 Å². The van der Waals surface area contributed by atoms with Crippen LogP contribution in [0.15, 0.2) is 0 Å². The average Bonchev–Trinajstić information content (AvgIpc) is 2.01. The molecule has 92 valence electrons. The third kappa shape index (κ3) is 10.0. The molecule has 4 heteroatoms. The molecular formula is C11H22F3N.